The number of hydrogen-bond donors (Lipinski definition) is 2. The molecule has 3 N–H and O–H groups in total. The van der Waals surface area contributed by atoms with Crippen molar-refractivity contribution in [1.82, 2.24) is 5.43 Å². The van der Waals surface area contributed by atoms with Crippen molar-refractivity contribution >= 4 is 0 Å². The van der Waals surface area contributed by atoms with Crippen LogP contribution in [-0.2, 0) is 0 Å². The number of nitrogens with two attached hydrogens (primary N) is 1. The van der Waals surface area contributed by atoms with Crippen molar-refractivity contribution in [2.75, 3.05) is 0 Å². The summed E-state index contributed by atoms with van der Waals surface area (Å²) in [5.74, 6) is 5.20. The smallest absolute Gasteiger partial charge is 0.0485 e. The molecule has 0 amide bonds. The summed E-state index contributed by atoms with van der Waals surface area (Å²) >= 11 is 0. The van der Waals surface area contributed by atoms with Gasteiger partial charge in [0.1, 0.15) is 0 Å². The SMILES string of the molecule is NNC1=C/C=C\C=C/C=C1. The molecular formula is C8H10N2. The fraction of sp³-hybridized carbons (Fsp3) is 0. The second kappa shape index (κ2) is 3.69. The molecule has 0 fully saturated rings. The highest BCUT2D eigenvalue weighted by Crippen LogP contribution is 1.95. The van der Waals surface area contributed by atoms with Crippen LogP contribution in [0, 0.1) is 0 Å². The average molecular weight is 134 g/mol. The normalized spacial score (nSPS) is 22.3. The van der Waals surface area contributed by atoms with Gasteiger partial charge >= 0.3 is 0 Å². The summed E-state index contributed by atoms with van der Waals surface area (Å²) in [7, 11) is 0. The van der Waals surface area contributed by atoms with E-state index >= 15 is 0 Å². The highest BCUT2D eigenvalue weighted by molar-refractivity contribution is 5.29. The molecule has 0 aromatic rings. The third kappa shape index (κ3) is 1.91. The van der Waals surface area contributed by atoms with E-state index < -0.39 is 0 Å². The first-order valence-corrected chi connectivity index (χ1v) is 3.12. The maximum atomic E-state index is 5.20. The van der Waals surface area contributed by atoms with Crippen LogP contribution in [0.1, 0.15) is 0 Å². The molecule has 0 unspecified atom stereocenters. The first-order chi connectivity index (χ1) is 4.93. The van der Waals surface area contributed by atoms with Crippen molar-refractivity contribution in [3.63, 3.8) is 0 Å². The van der Waals surface area contributed by atoms with E-state index in [1.165, 1.54) is 0 Å². The summed E-state index contributed by atoms with van der Waals surface area (Å²) < 4.78 is 0. The number of hydrazine groups is 1. The zero-order valence-corrected chi connectivity index (χ0v) is 5.62. The zero-order valence-electron chi connectivity index (χ0n) is 5.62. The van der Waals surface area contributed by atoms with E-state index in [4.69, 9.17) is 5.84 Å². The van der Waals surface area contributed by atoms with Crippen LogP contribution < -0.4 is 11.3 Å². The molecule has 1 rings (SSSR count). The van der Waals surface area contributed by atoms with Gasteiger partial charge in [0.15, 0.2) is 0 Å². The molecule has 0 saturated heterocycles. The summed E-state index contributed by atoms with van der Waals surface area (Å²) in [5.41, 5.74) is 3.46. The van der Waals surface area contributed by atoms with Crippen LogP contribution in [0.15, 0.2) is 48.2 Å². The van der Waals surface area contributed by atoms with Gasteiger partial charge in [0.2, 0.25) is 0 Å². The quantitative estimate of drug-likeness (QED) is 0.415. The van der Waals surface area contributed by atoms with Gasteiger partial charge in [-0.2, -0.15) is 0 Å². The van der Waals surface area contributed by atoms with E-state index in [1.54, 1.807) is 0 Å². The van der Waals surface area contributed by atoms with Crippen LogP contribution in [0.5, 0.6) is 0 Å². The Kier molecular flexibility index (Phi) is 2.52. The monoisotopic (exact) mass is 134 g/mol. The largest absolute Gasteiger partial charge is 0.324 e. The number of nitrogens with one attached hydrogen (secondary N) is 1. The molecule has 0 aromatic carbocycles. The van der Waals surface area contributed by atoms with Gasteiger partial charge in [0.25, 0.3) is 0 Å². The van der Waals surface area contributed by atoms with E-state index in [2.05, 4.69) is 5.43 Å². The molecule has 1 aliphatic rings. The molecule has 0 heterocycles. The van der Waals surface area contributed by atoms with E-state index in [0.717, 1.165) is 5.70 Å². The fourth-order valence-electron chi connectivity index (χ4n) is 0.663. The van der Waals surface area contributed by atoms with Crippen LogP contribution in [0.25, 0.3) is 0 Å². The van der Waals surface area contributed by atoms with E-state index in [0.29, 0.717) is 0 Å². The Balaban J connectivity index is 2.73. The predicted molar refractivity (Wildman–Crippen MR) is 42.8 cm³/mol. The van der Waals surface area contributed by atoms with Gasteiger partial charge in [-0.3, -0.25) is 5.84 Å². The molecule has 0 bridgehead atoms. The van der Waals surface area contributed by atoms with Gasteiger partial charge in [0, 0.05) is 5.70 Å². The molecule has 2 heteroatoms. The lowest BCUT2D eigenvalue weighted by Gasteiger charge is -1.97. The Hall–Kier alpha value is -1.28. The fourth-order valence-corrected chi connectivity index (χ4v) is 0.663. The Labute approximate surface area is 60.4 Å². The molecular weight excluding hydrogens is 124 g/mol. The lowest BCUT2D eigenvalue weighted by atomic mass is 10.3. The van der Waals surface area contributed by atoms with Crippen molar-refractivity contribution in [3.05, 3.63) is 48.2 Å². The molecule has 0 spiro atoms. The van der Waals surface area contributed by atoms with Crippen molar-refractivity contribution in [1.29, 1.82) is 0 Å². The van der Waals surface area contributed by atoms with Crippen LogP contribution in [0.2, 0.25) is 0 Å². The van der Waals surface area contributed by atoms with Gasteiger partial charge in [0.05, 0.1) is 0 Å². The van der Waals surface area contributed by atoms with Gasteiger partial charge in [-0.15, -0.1) is 0 Å². The van der Waals surface area contributed by atoms with Gasteiger partial charge in [-0.25, -0.2) is 0 Å². The maximum Gasteiger partial charge on any atom is 0.0485 e. The molecule has 10 heavy (non-hydrogen) atoms. The standard InChI is InChI=1S/C8H10N2/c9-10-8-6-4-2-1-3-5-7-8/h1-7,10H,9H2/b2-1-,3-1?,4-2?,5-3-,6-4?,7-5?,8-6?,8-7?. The van der Waals surface area contributed by atoms with Crippen LogP contribution in [0.3, 0.4) is 0 Å². The van der Waals surface area contributed by atoms with Crippen LogP contribution in [-0.4, -0.2) is 0 Å². The molecule has 0 radical (unpaired) electrons. The summed E-state index contributed by atoms with van der Waals surface area (Å²) in [6, 6.07) is 0. The Bertz CT molecular complexity index is 209. The number of allylic oxidation sites excluding steroid dienone is 7. The maximum absolute atomic E-state index is 5.20. The lowest BCUT2D eigenvalue weighted by molar-refractivity contribution is 0.916. The van der Waals surface area contributed by atoms with E-state index in [-0.39, 0.29) is 0 Å². The molecule has 52 valence electrons. The topological polar surface area (TPSA) is 38.0 Å². The minimum absolute atomic E-state index is 0.903. The van der Waals surface area contributed by atoms with Gasteiger partial charge in [-0.1, -0.05) is 30.4 Å². The van der Waals surface area contributed by atoms with Gasteiger partial charge in [-0.05, 0) is 12.2 Å². The molecule has 0 atom stereocenters. The highest BCUT2D eigenvalue weighted by Gasteiger charge is 1.82. The number of rotatable bonds is 1. The van der Waals surface area contributed by atoms with E-state index in [9.17, 15) is 0 Å². The molecule has 0 aliphatic heterocycles. The summed E-state index contributed by atoms with van der Waals surface area (Å²) in [5, 5.41) is 0. The first kappa shape index (κ1) is 6.83. The average Bonchev–Trinajstić information content (AvgIpc) is 1.87. The molecule has 1 aliphatic carbocycles. The second-order valence-corrected chi connectivity index (χ2v) is 1.90. The molecule has 0 aromatic heterocycles. The third-order valence-corrected chi connectivity index (χ3v) is 1.16. The predicted octanol–water partition coefficient (Wildman–Crippen LogP) is 1.02. The summed E-state index contributed by atoms with van der Waals surface area (Å²) in [4.78, 5) is 0. The minimum Gasteiger partial charge on any atom is -0.324 e. The third-order valence-electron chi connectivity index (χ3n) is 1.16. The summed E-state index contributed by atoms with van der Waals surface area (Å²) in [6.07, 6.45) is 13.5. The molecule has 2 nitrogen and oxygen atoms in total. The van der Waals surface area contributed by atoms with Crippen molar-refractivity contribution in [2.45, 2.75) is 0 Å². The van der Waals surface area contributed by atoms with Crippen LogP contribution >= 0.6 is 0 Å². The zero-order chi connectivity index (χ0) is 7.23. The lowest BCUT2D eigenvalue weighted by Crippen LogP contribution is -2.19. The minimum atomic E-state index is 0.903. The summed E-state index contributed by atoms with van der Waals surface area (Å²) in [6.45, 7) is 0. The molecule has 0 saturated carbocycles. The van der Waals surface area contributed by atoms with E-state index in [1.807, 2.05) is 42.5 Å². The van der Waals surface area contributed by atoms with Crippen molar-refractivity contribution in [2.24, 2.45) is 5.84 Å². The Morgan fingerprint density at radius 2 is 1.70 bits per heavy atom. The Morgan fingerprint density at radius 3 is 2.50 bits per heavy atom. The van der Waals surface area contributed by atoms with Crippen LogP contribution in [0.4, 0.5) is 0 Å². The van der Waals surface area contributed by atoms with Crippen molar-refractivity contribution < 1.29 is 0 Å². The van der Waals surface area contributed by atoms with Crippen molar-refractivity contribution in [3.8, 4) is 0 Å². The first-order valence-electron chi connectivity index (χ1n) is 3.12. The number of hydrogen-bond acceptors (Lipinski definition) is 2. The highest BCUT2D eigenvalue weighted by atomic mass is 15.2. The van der Waals surface area contributed by atoms with Gasteiger partial charge < -0.3 is 5.43 Å². The Morgan fingerprint density at radius 1 is 1.00 bits per heavy atom. The second-order valence-electron chi connectivity index (χ2n) is 1.90.